The maximum absolute atomic E-state index is 12.7. The van der Waals surface area contributed by atoms with Crippen molar-refractivity contribution in [3.05, 3.63) is 72.3 Å². The molecule has 0 fully saturated rings. The lowest BCUT2D eigenvalue weighted by molar-refractivity contribution is -0.131. The predicted molar refractivity (Wildman–Crippen MR) is 120 cm³/mol. The minimum atomic E-state index is -0.964. The normalized spacial score (nSPS) is 12.5. The van der Waals surface area contributed by atoms with Gasteiger partial charge in [-0.25, -0.2) is 0 Å². The fourth-order valence-electron chi connectivity index (χ4n) is 3.10. The Morgan fingerprint density at radius 1 is 0.969 bits per heavy atom. The topological polar surface area (TPSA) is 131 Å². The number of fused-ring (bicyclic) bond motifs is 1. The van der Waals surface area contributed by atoms with Crippen LogP contribution in [0.1, 0.15) is 12.5 Å². The first-order chi connectivity index (χ1) is 15.3. The molecule has 0 aliphatic heterocycles. The third-order valence-corrected chi connectivity index (χ3v) is 4.90. The van der Waals surface area contributed by atoms with Crippen molar-refractivity contribution in [1.29, 1.82) is 0 Å². The van der Waals surface area contributed by atoms with Crippen molar-refractivity contribution in [2.24, 2.45) is 5.73 Å². The summed E-state index contributed by atoms with van der Waals surface area (Å²) in [6.45, 7) is 1.17. The summed E-state index contributed by atoms with van der Waals surface area (Å²) in [6.07, 6.45) is 0.152. The summed E-state index contributed by atoms with van der Waals surface area (Å²) in [7, 11) is 0. The molecule has 0 aliphatic rings. The van der Waals surface area contributed by atoms with Crippen molar-refractivity contribution in [3.63, 3.8) is 0 Å². The Bertz CT molecular complexity index is 1110. The van der Waals surface area contributed by atoms with Crippen molar-refractivity contribution < 1.29 is 24.2 Å². The van der Waals surface area contributed by atoms with Gasteiger partial charge in [-0.05, 0) is 47.5 Å². The molecule has 0 spiro atoms. The number of nitrogens with two attached hydrogens (primary N) is 1. The predicted octanol–water partition coefficient (Wildman–Crippen LogP) is 1.64. The molecule has 8 nitrogen and oxygen atoms in total. The first-order valence-corrected chi connectivity index (χ1v) is 10.1. The van der Waals surface area contributed by atoms with Gasteiger partial charge in [0, 0.05) is 6.42 Å². The van der Waals surface area contributed by atoms with Gasteiger partial charge < -0.3 is 26.2 Å². The van der Waals surface area contributed by atoms with Gasteiger partial charge in [-0.1, -0.05) is 42.5 Å². The summed E-state index contributed by atoms with van der Waals surface area (Å²) in [5, 5.41) is 16.6. The van der Waals surface area contributed by atoms with Crippen LogP contribution in [0.3, 0.4) is 0 Å². The van der Waals surface area contributed by atoms with Crippen LogP contribution < -0.4 is 21.1 Å². The molecular weight excluding hydrogens is 410 g/mol. The van der Waals surface area contributed by atoms with Crippen LogP contribution >= 0.6 is 0 Å². The summed E-state index contributed by atoms with van der Waals surface area (Å²) in [5.74, 6) is -1.12. The van der Waals surface area contributed by atoms with E-state index in [-0.39, 0.29) is 18.8 Å². The molecule has 5 N–H and O–H groups in total. The maximum Gasteiger partial charge on any atom is 0.258 e. The number of primary amides is 1. The number of nitrogens with one attached hydrogen (secondary N) is 2. The van der Waals surface area contributed by atoms with Crippen molar-refractivity contribution in [3.8, 4) is 11.5 Å². The fourth-order valence-corrected chi connectivity index (χ4v) is 3.10. The fraction of sp³-hybridized carbons (Fsp3) is 0.208. The zero-order valence-electron chi connectivity index (χ0n) is 17.6. The summed E-state index contributed by atoms with van der Waals surface area (Å²) >= 11 is 0. The minimum absolute atomic E-state index is 0.0879. The lowest BCUT2D eigenvalue weighted by Gasteiger charge is -2.20. The minimum Gasteiger partial charge on any atom is -0.508 e. The van der Waals surface area contributed by atoms with Crippen LogP contribution in [0.15, 0.2) is 66.7 Å². The van der Waals surface area contributed by atoms with Crippen molar-refractivity contribution in [2.75, 3.05) is 6.61 Å². The van der Waals surface area contributed by atoms with E-state index in [1.54, 1.807) is 18.2 Å². The molecule has 3 amide bonds. The second kappa shape index (κ2) is 10.3. The molecule has 8 heteroatoms. The molecule has 3 aromatic rings. The van der Waals surface area contributed by atoms with E-state index in [0.29, 0.717) is 11.3 Å². The molecular formula is C24H25N3O5. The van der Waals surface area contributed by atoms with E-state index in [4.69, 9.17) is 10.5 Å². The molecule has 32 heavy (non-hydrogen) atoms. The summed E-state index contributed by atoms with van der Waals surface area (Å²) in [4.78, 5) is 36.5. The number of benzene rings is 3. The Morgan fingerprint density at radius 2 is 1.66 bits per heavy atom. The number of rotatable bonds is 9. The Labute approximate surface area is 185 Å². The smallest absolute Gasteiger partial charge is 0.258 e. The van der Waals surface area contributed by atoms with Gasteiger partial charge in [0.25, 0.3) is 5.91 Å². The molecule has 0 saturated carbocycles. The van der Waals surface area contributed by atoms with Crippen LogP contribution in [0.25, 0.3) is 10.8 Å². The number of phenolic OH excluding ortho intramolecular Hbond substituents is 1. The van der Waals surface area contributed by atoms with E-state index < -0.39 is 29.8 Å². The number of carbonyl (C=O) groups excluding carboxylic acids is 3. The summed E-state index contributed by atoms with van der Waals surface area (Å²) in [5.41, 5.74) is 5.93. The van der Waals surface area contributed by atoms with Crippen molar-refractivity contribution in [2.45, 2.75) is 25.4 Å². The van der Waals surface area contributed by atoms with Gasteiger partial charge in [0.2, 0.25) is 11.8 Å². The number of aromatic hydroxyl groups is 1. The number of hydrogen-bond donors (Lipinski definition) is 4. The lowest BCUT2D eigenvalue weighted by atomic mass is 10.0. The summed E-state index contributed by atoms with van der Waals surface area (Å²) < 4.78 is 5.59. The molecule has 0 aromatic heterocycles. The van der Waals surface area contributed by atoms with Gasteiger partial charge in [0.1, 0.15) is 23.6 Å². The molecule has 166 valence electrons. The molecule has 0 saturated heterocycles. The molecule has 0 bridgehead atoms. The molecule has 3 aromatic carbocycles. The van der Waals surface area contributed by atoms with Crippen LogP contribution in [0, 0.1) is 0 Å². The highest BCUT2D eigenvalue weighted by atomic mass is 16.5. The second-order valence-corrected chi connectivity index (χ2v) is 7.42. The maximum atomic E-state index is 12.7. The SMILES string of the molecule is C[C@H](NC(=O)[C@H](Cc1ccc(O)cc1)NC(=O)COc1ccc2ccccc2c1)C(N)=O. The Hall–Kier alpha value is -4.07. The van der Waals surface area contributed by atoms with E-state index >= 15 is 0 Å². The highest BCUT2D eigenvalue weighted by Crippen LogP contribution is 2.20. The standard InChI is InChI=1S/C24H25N3O5/c1-15(23(25)30)26-24(31)21(12-16-6-9-19(28)10-7-16)27-22(29)14-32-20-11-8-17-4-2-3-5-18(17)13-20/h2-11,13,15,21,28H,12,14H2,1H3,(H2,25,30)(H,26,31)(H,27,29)/t15-,21-/m0/s1. The zero-order chi connectivity index (χ0) is 23.1. The van der Waals surface area contributed by atoms with Crippen LogP contribution in [0.5, 0.6) is 11.5 Å². The molecule has 0 aliphatic carbocycles. The van der Waals surface area contributed by atoms with Crippen LogP contribution in [-0.2, 0) is 20.8 Å². The zero-order valence-corrected chi connectivity index (χ0v) is 17.6. The van der Waals surface area contributed by atoms with Gasteiger partial charge >= 0.3 is 0 Å². The molecule has 0 radical (unpaired) electrons. The molecule has 0 heterocycles. The number of ether oxygens (including phenoxy) is 1. The van der Waals surface area contributed by atoms with E-state index in [9.17, 15) is 19.5 Å². The van der Waals surface area contributed by atoms with Gasteiger partial charge in [-0.2, -0.15) is 0 Å². The van der Waals surface area contributed by atoms with Gasteiger partial charge in [-0.15, -0.1) is 0 Å². The van der Waals surface area contributed by atoms with Crippen LogP contribution in [-0.4, -0.2) is 41.5 Å². The largest absolute Gasteiger partial charge is 0.508 e. The molecule has 0 unspecified atom stereocenters. The lowest BCUT2D eigenvalue weighted by Crippen LogP contribution is -2.53. The van der Waals surface area contributed by atoms with Crippen molar-refractivity contribution >= 4 is 28.5 Å². The second-order valence-electron chi connectivity index (χ2n) is 7.42. The first-order valence-electron chi connectivity index (χ1n) is 10.1. The average molecular weight is 435 g/mol. The van der Waals surface area contributed by atoms with E-state index in [2.05, 4.69) is 10.6 Å². The van der Waals surface area contributed by atoms with Gasteiger partial charge in [0.05, 0.1) is 0 Å². The number of phenols is 1. The monoisotopic (exact) mass is 435 g/mol. The Kier molecular flexibility index (Phi) is 7.28. The van der Waals surface area contributed by atoms with Gasteiger partial charge in [-0.3, -0.25) is 14.4 Å². The molecule has 3 rings (SSSR count). The van der Waals surface area contributed by atoms with E-state index in [0.717, 1.165) is 10.8 Å². The number of amides is 3. The summed E-state index contributed by atoms with van der Waals surface area (Å²) in [6, 6.07) is 17.7. The van der Waals surface area contributed by atoms with Crippen molar-refractivity contribution in [1.82, 2.24) is 10.6 Å². The Morgan fingerprint density at radius 3 is 2.34 bits per heavy atom. The highest BCUT2D eigenvalue weighted by molar-refractivity contribution is 5.92. The first kappa shape index (κ1) is 22.6. The average Bonchev–Trinajstić information content (AvgIpc) is 2.78. The third-order valence-electron chi connectivity index (χ3n) is 4.90. The number of hydrogen-bond acceptors (Lipinski definition) is 5. The molecule has 2 atom stereocenters. The number of carbonyl (C=O) groups is 3. The van der Waals surface area contributed by atoms with Crippen LogP contribution in [0.4, 0.5) is 0 Å². The van der Waals surface area contributed by atoms with E-state index in [1.807, 2.05) is 36.4 Å². The van der Waals surface area contributed by atoms with E-state index in [1.165, 1.54) is 19.1 Å². The van der Waals surface area contributed by atoms with Crippen LogP contribution in [0.2, 0.25) is 0 Å². The third kappa shape index (κ3) is 6.21. The Balaban J connectivity index is 1.66. The highest BCUT2D eigenvalue weighted by Gasteiger charge is 2.24. The quantitative estimate of drug-likeness (QED) is 0.406. The van der Waals surface area contributed by atoms with Gasteiger partial charge in [0.15, 0.2) is 6.61 Å².